The molecule has 290 valence electrons. The third-order valence-electron chi connectivity index (χ3n) is 12.8. The normalized spacial score (nSPS) is 17.3. The van der Waals surface area contributed by atoms with E-state index in [1.165, 1.54) is 100 Å². The molecule has 5 heterocycles. The van der Waals surface area contributed by atoms with Crippen molar-refractivity contribution in [2.45, 2.75) is 30.8 Å². The predicted octanol–water partition coefficient (Wildman–Crippen LogP) is 14.4. The molecule has 0 radical (unpaired) electrons. The lowest BCUT2D eigenvalue weighted by molar-refractivity contribution is 0.622. The van der Waals surface area contributed by atoms with E-state index in [-0.39, 0.29) is 6.17 Å². The fourth-order valence-corrected chi connectivity index (χ4v) is 13.9. The van der Waals surface area contributed by atoms with Gasteiger partial charge in [-0.25, -0.2) is 0 Å². The zero-order valence-corrected chi connectivity index (χ0v) is 35.9. The molecule has 0 saturated heterocycles. The van der Waals surface area contributed by atoms with Gasteiger partial charge in [-0.2, -0.15) is 0 Å². The molecular weight excluding hydrogens is 799 g/mol. The number of hydrogen-bond donors (Lipinski definition) is 1. The van der Waals surface area contributed by atoms with Crippen LogP contribution in [0.4, 0.5) is 0 Å². The summed E-state index contributed by atoms with van der Waals surface area (Å²) in [5, 5.41) is 16.5. The number of thiophene rings is 2. The van der Waals surface area contributed by atoms with Crippen LogP contribution in [0.25, 0.3) is 85.0 Å². The first-order chi connectivity index (χ1) is 30.1. The lowest BCUT2D eigenvalue weighted by atomic mass is 9.92. The minimum Gasteiger partial charge on any atom is -0.345 e. The second-order valence-corrected chi connectivity index (χ2v) is 19.3. The Balaban J connectivity index is 1.17. The van der Waals surface area contributed by atoms with Crippen molar-refractivity contribution in [2.24, 2.45) is 4.99 Å². The molecule has 61 heavy (non-hydrogen) atoms. The van der Waals surface area contributed by atoms with Crippen LogP contribution in [0.15, 0.2) is 185 Å². The molecule has 0 aliphatic carbocycles. The number of allylic oxidation sites excluding steroid dienone is 4. The minimum atomic E-state index is -0.266. The highest BCUT2D eigenvalue weighted by Crippen LogP contribution is 2.53. The summed E-state index contributed by atoms with van der Waals surface area (Å²) in [4.78, 5) is 8.34. The molecule has 0 saturated carbocycles. The van der Waals surface area contributed by atoms with Gasteiger partial charge in [0.2, 0.25) is 0 Å². The van der Waals surface area contributed by atoms with E-state index >= 15 is 0 Å². The molecule has 11 aromatic rings. The predicted molar refractivity (Wildman–Crippen MR) is 264 cm³/mol. The largest absolute Gasteiger partial charge is 0.345 e. The fraction of sp³-hybridized carbons (Fsp3) is 0.0727. The Morgan fingerprint density at radius 1 is 0.656 bits per heavy atom. The van der Waals surface area contributed by atoms with Crippen molar-refractivity contribution in [3.8, 4) is 0 Å². The molecule has 1 N–H and O–H groups in total. The molecule has 2 unspecified atom stereocenters. The molecular formula is C55H37N3S3. The number of nitrogens with zero attached hydrogens (tertiary/aromatic N) is 2. The summed E-state index contributed by atoms with van der Waals surface area (Å²) >= 11 is 5.69. The van der Waals surface area contributed by atoms with Crippen LogP contribution in [0.2, 0.25) is 0 Å². The standard InChI is InChI=1S/C55H37N3S3/c1-3-15-37(51-31(2)35-19-10-13-24-43(35)59-51)34-26-28-38-41(30-34)47-40-22-11-14-25-44(40)60-52(47)50-46(38)39-21-9-12-23-42(39)58(50)55-53-49(56-54(57-55)33-17-5-4-6-18-33)48-36-20-8-7-16-32(36)27-29-45(48)61-53/h3-31,54,57H,1-2H3/b15-3-,51-37-. The smallest absolute Gasteiger partial charge is 0.146 e. The molecule has 3 aromatic heterocycles. The van der Waals surface area contributed by atoms with E-state index in [1.54, 1.807) is 0 Å². The summed E-state index contributed by atoms with van der Waals surface area (Å²) in [5.74, 6) is 1.41. The Kier molecular flexibility index (Phi) is 7.84. The maximum Gasteiger partial charge on any atom is 0.146 e. The highest BCUT2D eigenvalue weighted by atomic mass is 32.2. The lowest BCUT2D eigenvalue weighted by Crippen LogP contribution is -2.39. The van der Waals surface area contributed by atoms with Crippen molar-refractivity contribution in [1.82, 2.24) is 9.88 Å². The van der Waals surface area contributed by atoms with Gasteiger partial charge in [-0.3, -0.25) is 9.56 Å². The van der Waals surface area contributed by atoms with Crippen LogP contribution in [0.1, 0.15) is 42.6 Å². The first-order valence-corrected chi connectivity index (χ1v) is 23.4. The summed E-state index contributed by atoms with van der Waals surface area (Å²) in [7, 11) is 0. The van der Waals surface area contributed by atoms with Gasteiger partial charge in [0, 0.05) is 52.0 Å². The number of benzene rings is 8. The van der Waals surface area contributed by atoms with E-state index in [4.69, 9.17) is 4.99 Å². The zero-order valence-electron chi connectivity index (χ0n) is 33.4. The van der Waals surface area contributed by atoms with Gasteiger partial charge in [-0.05, 0) is 81.1 Å². The van der Waals surface area contributed by atoms with Gasteiger partial charge in [0.15, 0.2) is 0 Å². The van der Waals surface area contributed by atoms with E-state index in [0.29, 0.717) is 5.92 Å². The van der Waals surface area contributed by atoms with E-state index in [9.17, 15) is 0 Å². The molecule has 0 amide bonds. The average molecular weight is 836 g/mol. The first kappa shape index (κ1) is 35.3. The Morgan fingerprint density at radius 3 is 2.30 bits per heavy atom. The second-order valence-electron chi connectivity index (χ2n) is 16.2. The molecule has 0 spiro atoms. The quantitative estimate of drug-likeness (QED) is 0.191. The third kappa shape index (κ3) is 5.13. The van der Waals surface area contributed by atoms with Crippen molar-refractivity contribution in [1.29, 1.82) is 0 Å². The average Bonchev–Trinajstić information content (AvgIpc) is 4.07. The summed E-state index contributed by atoms with van der Waals surface area (Å²) in [6.45, 7) is 4.50. The van der Waals surface area contributed by atoms with Gasteiger partial charge < -0.3 is 5.32 Å². The maximum atomic E-state index is 5.57. The third-order valence-corrected chi connectivity index (χ3v) is 16.5. The van der Waals surface area contributed by atoms with Crippen molar-refractivity contribution < 1.29 is 0 Å². The van der Waals surface area contributed by atoms with Crippen LogP contribution in [-0.4, -0.2) is 4.57 Å². The fourth-order valence-electron chi connectivity index (χ4n) is 10.1. The summed E-state index contributed by atoms with van der Waals surface area (Å²) in [6, 6.07) is 58.2. The number of nitrogens with one attached hydrogen (secondary N) is 1. The Bertz CT molecular complexity index is 3860. The van der Waals surface area contributed by atoms with Crippen molar-refractivity contribution >= 4 is 119 Å². The molecule has 0 fully saturated rings. The number of fused-ring (bicyclic) bond motifs is 16. The maximum absolute atomic E-state index is 5.57. The molecule has 0 bridgehead atoms. The number of aromatic nitrogens is 1. The van der Waals surface area contributed by atoms with Crippen molar-refractivity contribution in [2.75, 3.05) is 0 Å². The van der Waals surface area contributed by atoms with E-state index in [0.717, 1.165) is 21.3 Å². The molecule has 2 aliphatic heterocycles. The van der Waals surface area contributed by atoms with Crippen LogP contribution >= 0.6 is 34.4 Å². The zero-order chi connectivity index (χ0) is 40.3. The Hall–Kier alpha value is -6.44. The molecule has 8 aromatic carbocycles. The molecule has 2 atom stereocenters. The number of thioether (sulfide) groups is 1. The van der Waals surface area contributed by atoms with Crippen LogP contribution in [-0.2, 0) is 0 Å². The van der Waals surface area contributed by atoms with Crippen LogP contribution < -0.4 is 15.2 Å². The highest BCUT2D eigenvalue weighted by Gasteiger charge is 2.29. The van der Waals surface area contributed by atoms with Gasteiger partial charge in [0.1, 0.15) is 12.0 Å². The van der Waals surface area contributed by atoms with Gasteiger partial charge in [0.25, 0.3) is 0 Å². The SMILES string of the molecule is C/C=C\C(=C1\Sc2ccccc2C1C)c1ccc2c(c1)c1c3ccccc3sc1c1c2c2ccccc2n1C1=c2sc3ccc4ccccc4c3c2=NC(c2ccccc2)N1. The topological polar surface area (TPSA) is 29.3 Å². The van der Waals surface area contributed by atoms with Crippen molar-refractivity contribution in [3.05, 3.63) is 201 Å². The van der Waals surface area contributed by atoms with Gasteiger partial charge in [-0.1, -0.05) is 158 Å². The Labute approximate surface area is 364 Å². The number of para-hydroxylation sites is 1. The van der Waals surface area contributed by atoms with E-state index < -0.39 is 0 Å². The minimum absolute atomic E-state index is 0.266. The van der Waals surface area contributed by atoms with Crippen LogP contribution in [0, 0.1) is 0 Å². The summed E-state index contributed by atoms with van der Waals surface area (Å²) in [5.41, 5.74) is 7.53. The van der Waals surface area contributed by atoms with E-state index in [2.05, 4.69) is 194 Å². The van der Waals surface area contributed by atoms with Crippen LogP contribution in [0.5, 0.6) is 0 Å². The Morgan fingerprint density at radius 2 is 1.43 bits per heavy atom. The van der Waals surface area contributed by atoms with E-state index in [1.807, 2.05) is 34.4 Å². The molecule has 6 heteroatoms. The molecule has 13 rings (SSSR count). The lowest BCUT2D eigenvalue weighted by Gasteiger charge is -2.23. The van der Waals surface area contributed by atoms with Gasteiger partial charge in [-0.15, -0.1) is 22.7 Å². The molecule has 2 aliphatic rings. The molecule has 3 nitrogen and oxygen atoms in total. The number of hydrogen-bond acceptors (Lipinski definition) is 5. The first-order valence-electron chi connectivity index (χ1n) is 20.9. The van der Waals surface area contributed by atoms with Crippen LogP contribution in [0.3, 0.4) is 0 Å². The summed E-state index contributed by atoms with van der Waals surface area (Å²) in [6.07, 6.45) is 4.26. The number of rotatable bonds is 4. The summed E-state index contributed by atoms with van der Waals surface area (Å²) < 4.78 is 7.56. The van der Waals surface area contributed by atoms with Crippen molar-refractivity contribution in [3.63, 3.8) is 0 Å². The second kappa shape index (κ2) is 13.5. The monoisotopic (exact) mass is 835 g/mol. The highest BCUT2D eigenvalue weighted by molar-refractivity contribution is 8.03. The van der Waals surface area contributed by atoms with Gasteiger partial charge in [0.05, 0.1) is 25.6 Å². The van der Waals surface area contributed by atoms with Gasteiger partial charge >= 0.3 is 0 Å².